The number of rotatable bonds is 3. The lowest BCUT2D eigenvalue weighted by molar-refractivity contribution is -0.133. The second kappa shape index (κ2) is 7.15. The van der Waals surface area contributed by atoms with Crippen molar-refractivity contribution in [3.05, 3.63) is 60.1 Å². The predicted octanol–water partition coefficient (Wildman–Crippen LogP) is 2.54. The third kappa shape index (κ3) is 3.25. The molecule has 150 valence electrons. The summed E-state index contributed by atoms with van der Waals surface area (Å²) < 4.78 is 7.91. The molecule has 0 saturated carbocycles. The van der Waals surface area contributed by atoms with E-state index in [1.807, 2.05) is 47.4 Å². The molecule has 2 aliphatic heterocycles. The van der Waals surface area contributed by atoms with E-state index in [0.717, 1.165) is 62.0 Å². The molecule has 1 fully saturated rings. The maximum absolute atomic E-state index is 12.8. The fraction of sp³-hybridized carbons (Fsp3) is 0.409. The Hall–Kier alpha value is -2.93. The lowest BCUT2D eigenvalue weighted by Gasteiger charge is -2.48. The molecule has 5 rings (SSSR count). The van der Waals surface area contributed by atoms with E-state index in [2.05, 4.69) is 26.7 Å². The van der Waals surface area contributed by atoms with Crippen LogP contribution in [0.25, 0.3) is 11.6 Å². The van der Waals surface area contributed by atoms with Gasteiger partial charge in [-0.3, -0.25) is 14.3 Å². The summed E-state index contributed by atoms with van der Waals surface area (Å²) in [5.74, 6) is 2.71. The van der Waals surface area contributed by atoms with Crippen molar-refractivity contribution in [2.45, 2.75) is 31.3 Å². The number of piperidine rings is 1. The molecule has 7 heteroatoms. The van der Waals surface area contributed by atoms with Gasteiger partial charge in [-0.1, -0.05) is 30.3 Å². The number of fused-ring (bicyclic) bond motifs is 2. The smallest absolute Gasteiger partial charge is 0.226 e. The first-order valence-corrected chi connectivity index (χ1v) is 10.1. The van der Waals surface area contributed by atoms with Crippen LogP contribution in [0.4, 0.5) is 0 Å². The van der Waals surface area contributed by atoms with Gasteiger partial charge in [0.25, 0.3) is 0 Å². The number of benzene rings is 1. The van der Waals surface area contributed by atoms with Crippen LogP contribution in [0.5, 0.6) is 0 Å². The van der Waals surface area contributed by atoms with Crippen LogP contribution in [0.15, 0.2) is 53.1 Å². The van der Waals surface area contributed by atoms with Gasteiger partial charge in [0.1, 0.15) is 5.82 Å². The average molecular weight is 391 g/mol. The minimum Gasteiger partial charge on any atom is -0.461 e. The number of likely N-dealkylation sites (N-methyl/N-ethyl adjacent to an activating group) is 1. The molecule has 0 atom stereocenters. The summed E-state index contributed by atoms with van der Waals surface area (Å²) in [6, 6.07) is 13.8. The van der Waals surface area contributed by atoms with Gasteiger partial charge in [0.2, 0.25) is 5.91 Å². The number of hydrogen-bond donors (Lipinski definition) is 0. The highest BCUT2D eigenvalue weighted by Gasteiger charge is 2.44. The molecule has 0 radical (unpaired) electrons. The molecular weight excluding hydrogens is 366 g/mol. The van der Waals surface area contributed by atoms with Gasteiger partial charge in [0.05, 0.1) is 24.8 Å². The van der Waals surface area contributed by atoms with Crippen LogP contribution in [-0.2, 0) is 23.3 Å². The van der Waals surface area contributed by atoms with Crippen molar-refractivity contribution in [3.63, 3.8) is 0 Å². The molecule has 2 aliphatic rings. The van der Waals surface area contributed by atoms with Crippen LogP contribution >= 0.6 is 0 Å². The van der Waals surface area contributed by atoms with Crippen molar-refractivity contribution < 1.29 is 9.21 Å². The Morgan fingerprint density at radius 1 is 1.10 bits per heavy atom. The molecule has 2 aromatic heterocycles. The Morgan fingerprint density at radius 2 is 1.90 bits per heavy atom. The monoisotopic (exact) mass is 391 g/mol. The summed E-state index contributed by atoms with van der Waals surface area (Å²) in [7, 11) is 2.12. The normalized spacial score (nSPS) is 18.7. The number of nitrogens with zero attached hydrogens (tertiary/aromatic N) is 5. The molecule has 1 saturated heterocycles. The van der Waals surface area contributed by atoms with E-state index in [1.54, 1.807) is 6.26 Å². The Kier molecular flexibility index (Phi) is 4.47. The summed E-state index contributed by atoms with van der Waals surface area (Å²) in [5, 5.41) is 8.90. The maximum atomic E-state index is 12.8. The number of furan rings is 1. The van der Waals surface area contributed by atoms with Crippen molar-refractivity contribution in [2.75, 3.05) is 26.7 Å². The van der Waals surface area contributed by atoms with Gasteiger partial charge in [-0.15, -0.1) is 10.2 Å². The molecular formula is C22H25N5O2. The van der Waals surface area contributed by atoms with Crippen LogP contribution in [-0.4, -0.2) is 57.2 Å². The van der Waals surface area contributed by atoms with Gasteiger partial charge in [-0.05, 0) is 37.6 Å². The van der Waals surface area contributed by atoms with Crippen LogP contribution in [0.2, 0.25) is 0 Å². The molecule has 4 heterocycles. The average Bonchev–Trinajstić information content (AvgIpc) is 3.39. The molecule has 1 aromatic carbocycles. The zero-order valence-corrected chi connectivity index (χ0v) is 16.6. The highest BCUT2D eigenvalue weighted by atomic mass is 16.3. The fourth-order valence-electron chi connectivity index (χ4n) is 4.79. The number of likely N-dealkylation sites (tertiary alicyclic amines) is 1. The number of hydrogen-bond acceptors (Lipinski definition) is 5. The first kappa shape index (κ1) is 18.1. The Balaban J connectivity index is 1.38. The van der Waals surface area contributed by atoms with Crippen LogP contribution < -0.4 is 0 Å². The molecule has 1 amide bonds. The first-order chi connectivity index (χ1) is 14.1. The Bertz CT molecular complexity index is 988. The van der Waals surface area contributed by atoms with Gasteiger partial charge >= 0.3 is 0 Å². The first-order valence-electron chi connectivity index (χ1n) is 10.1. The Labute approximate surface area is 169 Å². The third-order valence-corrected chi connectivity index (χ3v) is 6.17. The van der Waals surface area contributed by atoms with Gasteiger partial charge in [0.15, 0.2) is 11.6 Å². The maximum Gasteiger partial charge on any atom is 0.226 e. The summed E-state index contributed by atoms with van der Waals surface area (Å²) >= 11 is 0. The molecule has 3 aromatic rings. The number of aromatic nitrogens is 3. The zero-order chi connectivity index (χ0) is 19.8. The van der Waals surface area contributed by atoms with E-state index in [4.69, 9.17) is 4.42 Å². The minimum absolute atomic E-state index is 0.114. The van der Waals surface area contributed by atoms with Gasteiger partial charge < -0.3 is 9.32 Å². The number of carbonyl (C=O) groups is 1. The number of carbonyl (C=O) groups excluding carboxylic acids is 1. The molecule has 0 aliphatic carbocycles. The topological polar surface area (TPSA) is 67.4 Å². The Morgan fingerprint density at radius 3 is 2.62 bits per heavy atom. The van der Waals surface area contributed by atoms with Crippen molar-refractivity contribution in [2.24, 2.45) is 0 Å². The highest BCUT2D eigenvalue weighted by Crippen LogP contribution is 2.39. The molecule has 7 nitrogen and oxygen atoms in total. The van der Waals surface area contributed by atoms with E-state index < -0.39 is 0 Å². The second-order valence-corrected chi connectivity index (χ2v) is 8.19. The van der Waals surface area contributed by atoms with E-state index in [1.165, 1.54) is 0 Å². The van der Waals surface area contributed by atoms with Crippen molar-refractivity contribution >= 4 is 5.91 Å². The molecule has 1 spiro atoms. The molecule has 0 N–H and O–H groups in total. The predicted molar refractivity (Wildman–Crippen MR) is 108 cm³/mol. The standard InChI is InChI=1S/C22H25N5O2/c1-25-15-19-23-24-21(18-8-5-13-29-18)27(19)22(16-25)9-11-26(12-10-22)20(28)14-17-6-3-2-4-7-17/h2-8,13H,9-12,14-16H2,1H3. The summed E-state index contributed by atoms with van der Waals surface area (Å²) in [6.45, 7) is 3.18. The quantitative estimate of drug-likeness (QED) is 0.686. The lowest BCUT2D eigenvalue weighted by Crippen LogP contribution is -2.56. The summed E-state index contributed by atoms with van der Waals surface area (Å²) in [4.78, 5) is 17.1. The van der Waals surface area contributed by atoms with Crippen molar-refractivity contribution in [3.8, 4) is 11.6 Å². The van der Waals surface area contributed by atoms with E-state index in [0.29, 0.717) is 6.42 Å². The van der Waals surface area contributed by atoms with E-state index in [-0.39, 0.29) is 11.4 Å². The fourth-order valence-corrected chi connectivity index (χ4v) is 4.79. The van der Waals surface area contributed by atoms with Gasteiger partial charge in [-0.2, -0.15) is 0 Å². The minimum atomic E-state index is -0.114. The summed E-state index contributed by atoms with van der Waals surface area (Å²) in [6.07, 6.45) is 3.90. The largest absolute Gasteiger partial charge is 0.461 e. The second-order valence-electron chi connectivity index (χ2n) is 8.19. The van der Waals surface area contributed by atoms with Crippen LogP contribution in [0.3, 0.4) is 0 Å². The van der Waals surface area contributed by atoms with Crippen LogP contribution in [0.1, 0.15) is 24.2 Å². The van der Waals surface area contributed by atoms with Crippen LogP contribution in [0, 0.1) is 0 Å². The summed E-state index contributed by atoms with van der Waals surface area (Å²) in [5.41, 5.74) is 0.952. The SMILES string of the molecule is CN1Cc2nnc(-c3ccco3)n2C2(CCN(C(=O)Cc3ccccc3)CC2)C1. The third-order valence-electron chi connectivity index (χ3n) is 6.17. The lowest BCUT2D eigenvalue weighted by atomic mass is 9.84. The van der Waals surface area contributed by atoms with Crippen molar-refractivity contribution in [1.29, 1.82) is 0 Å². The molecule has 0 bridgehead atoms. The molecule has 29 heavy (non-hydrogen) atoms. The van der Waals surface area contributed by atoms with Gasteiger partial charge in [-0.25, -0.2) is 0 Å². The van der Waals surface area contributed by atoms with Crippen molar-refractivity contribution in [1.82, 2.24) is 24.6 Å². The zero-order valence-electron chi connectivity index (χ0n) is 16.6. The van der Waals surface area contributed by atoms with Gasteiger partial charge in [0, 0.05) is 19.6 Å². The van der Waals surface area contributed by atoms with E-state index in [9.17, 15) is 4.79 Å². The number of amides is 1. The molecule has 0 unspecified atom stereocenters. The highest BCUT2D eigenvalue weighted by molar-refractivity contribution is 5.78. The van der Waals surface area contributed by atoms with E-state index >= 15 is 0 Å².